The lowest BCUT2D eigenvalue weighted by Gasteiger charge is -2.28. The second-order valence-electron chi connectivity index (χ2n) is 7.60. The first-order valence-corrected chi connectivity index (χ1v) is 10.4. The van der Waals surface area contributed by atoms with Gasteiger partial charge in [0.25, 0.3) is 0 Å². The Morgan fingerprint density at radius 1 is 1.07 bits per heavy atom. The largest absolute Gasteiger partial charge is 0.467 e. The van der Waals surface area contributed by atoms with E-state index in [1.165, 1.54) is 16.7 Å². The van der Waals surface area contributed by atoms with E-state index in [4.69, 9.17) is 15.2 Å². The number of hydrogen-bond donors (Lipinski definition) is 2. The summed E-state index contributed by atoms with van der Waals surface area (Å²) in [5.41, 5.74) is 10.0. The molecule has 0 aliphatic rings. The summed E-state index contributed by atoms with van der Waals surface area (Å²) >= 11 is 0. The number of carbonyl (C=O) groups excluding carboxylic acids is 1. The van der Waals surface area contributed by atoms with E-state index in [0.29, 0.717) is 12.3 Å². The number of rotatable bonds is 13. The van der Waals surface area contributed by atoms with Gasteiger partial charge in [0.2, 0.25) is 5.91 Å². The Labute approximate surface area is 179 Å². The standard InChI is InChI=1S/C24H34N2O4/c1-18-6-7-21(15-19(18)2)5-4-12-26(13-14-27)20(3)29-17-30-23-10-8-22(9-11-23)16-24(25)28/h6-11,15,20,27H,4-5,12-14,16-17H2,1-3H3,(H2,25,28). The summed E-state index contributed by atoms with van der Waals surface area (Å²) in [6.45, 7) is 7.79. The molecule has 6 nitrogen and oxygen atoms in total. The average Bonchev–Trinajstić information content (AvgIpc) is 2.71. The fourth-order valence-electron chi connectivity index (χ4n) is 3.26. The lowest BCUT2D eigenvalue weighted by Crippen LogP contribution is -2.38. The molecule has 0 bridgehead atoms. The van der Waals surface area contributed by atoms with Gasteiger partial charge in [0.1, 0.15) is 12.0 Å². The number of aliphatic hydroxyl groups is 1. The van der Waals surface area contributed by atoms with Crippen LogP contribution in [0.3, 0.4) is 0 Å². The molecule has 1 amide bonds. The van der Waals surface area contributed by atoms with Gasteiger partial charge < -0.3 is 20.3 Å². The summed E-state index contributed by atoms with van der Waals surface area (Å²) in [5, 5.41) is 9.40. The predicted molar refractivity (Wildman–Crippen MR) is 118 cm³/mol. The van der Waals surface area contributed by atoms with Gasteiger partial charge in [0.15, 0.2) is 6.79 Å². The third-order valence-electron chi connectivity index (χ3n) is 5.22. The summed E-state index contributed by atoms with van der Waals surface area (Å²) in [6, 6.07) is 13.8. The summed E-state index contributed by atoms with van der Waals surface area (Å²) in [6.07, 6.45) is 2.01. The quantitative estimate of drug-likeness (QED) is 0.492. The molecule has 0 saturated heterocycles. The van der Waals surface area contributed by atoms with Crippen LogP contribution >= 0.6 is 0 Å². The van der Waals surface area contributed by atoms with Crippen LogP contribution in [0.1, 0.15) is 35.6 Å². The zero-order valence-corrected chi connectivity index (χ0v) is 18.3. The molecule has 0 radical (unpaired) electrons. The minimum atomic E-state index is -0.359. The highest BCUT2D eigenvalue weighted by molar-refractivity contribution is 5.76. The van der Waals surface area contributed by atoms with Crippen LogP contribution in [0.15, 0.2) is 42.5 Å². The van der Waals surface area contributed by atoms with E-state index in [-0.39, 0.29) is 32.0 Å². The molecule has 0 spiro atoms. The van der Waals surface area contributed by atoms with Crippen molar-refractivity contribution < 1.29 is 19.4 Å². The van der Waals surface area contributed by atoms with Crippen molar-refractivity contribution in [3.05, 3.63) is 64.7 Å². The second-order valence-corrected chi connectivity index (χ2v) is 7.60. The number of primary amides is 1. The third kappa shape index (κ3) is 8.14. The Bertz CT molecular complexity index is 792. The molecule has 2 aromatic rings. The normalized spacial score (nSPS) is 12.2. The molecule has 0 heterocycles. The number of carbonyl (C=O) groups is 1. The van der Waals surface area contributed by atoms with Gasteiger partial charge in [-0.25, -0.2) is 0 Å². The Morgan fingerprint density at radius 3 is 2.40 bits per heavy atom. The van der Waals surface area contributed by atoms with Crippen LogP contribution in [-0.2, 0) is 22.4 Å². The molecule has 0 fully saturated rings. The number of nitrogens with two attached hydrogens (primary N) is 1. The second kappa shape index (κ2) is 12.3. The van der Waals surface area contributed by atoms with Crippen LogP contribution in [0.2, 0.25) is 0 Å². The van der Waals surface area contributed by atoms with Gasteiger partial charge in [0.05, 0.1) is 13.0 Å². The highest BCUT2D eigenvalue weighted by Gasteiger charge is 2.14. The summed E-state index contributed by atoms with van der Waals surface area (Å²) in [4.78, 5) is 13.1. The minimum absolute atomic E-state index is 0.0829. The summed E-state index contributed by atoms with van der Waals surface area (Å²) in [5.74, 6) is 0.307. The predicted octanol–water partition coefficient (Wildman–Crippen LogP) is 2.96. The van der Waals surface area contributed by atoms with Crippen LogP contribution in [-0.4, -0.2) is 48.6 Å². The van der Waals surface area contributed by atoms with E-state index >= 15 is 0 Å². The molecule has 1 unspecified atom stereocenters. The maximum Gasteiger partial charge on any atom is 0.221 e. The molecule has 0 aliphatic heterocycles. The number of ether oxygens (including phenoxy) is 2. The number of aliphatic hydroxyl groups excluding tert-OH is 1. The SMILES string of the molecule is Cc1ccc(CCCN(CCO)C(C)OCOc2ccc(CC(N)=O)cc2)cc1C. The van der Waals surface area contributed by atoms with E-state index in [2.05, 4.69) is 36.9 Å². The van der Waals surface area contributed by atoms with Gasteiger partial charge in [-0.1, -0.05) is 30.3 Å². The molecule has 0 aliphatic carbocycles. The smallest absolute Gasteiger partial charge is 0.221 e. The van der Waals surface area contributed by atoms with Crippen LogP contribution in [0.5, 0.6) is 5.75 Å². The Hall–Kier alpha value is -2.41. The number of nitrogens with zero attached hydrogens (tertiary/aromatic N) is 1. The molecule has 2 rings (SSSR count). The van der Waals surface area contributed by atoms with Crippen LogP contribution in [0.4, 0.5) is 0 Å². The van der Waals surface area contributed by atoms with Crippen LogP contribution in [0, 0.1) is 13.8 Å². The van der Waals surface area contributed by atoms with E-state index in [9.17, 15) is 9.90 Å². The summed E-state index contributed by atoms with van der Waals surface area (Å²) < 4.78 is 11.4. The number of aryl methyl sites for hydroxylation is 3. The zero-order valence-electron chi connectivity index (χ0n) is 18.3. The van der Waals surface area contributed by atoms with Gasteiger partial charge in [-0.3, -0.25) is 9.69 Å². The van der Waals surface area contributed by atoms with Crippen molar-refractivity contribution >= 4 is 5.91 Å². The Balaban J connectivity index is 1.76. The molecular weight excluding hydrogens is 380 g/mol. The van der Waals surface area contributed by atoms with E-state index in [0.717, 1.165) is 24.9 Å². The number of benzene rings is 2. The first kappa shape index (κ1) is 23.9. The van der Waals surface area contributed by atoms with Crippen molar-refractivity contribution in [1.82, 2.24) is 4.90 Å². The summed E-state index contributed by atoms with van der Waals surface area (Å²) in [7, 11) is 0. The van der Waals surface area contributed by atoms with E-state index in [1.54, 1.807) is 12.1 Å². The van der Waals surface area contributed by atoms with Gasteiger partial charge in [-0.2, -0.15) is 0 Å². The molecule has 164 valence electrons. The highest BCUT2D eigenvalue weighted by atomic mass is 16.7. The van der Waals surface area contributed by atoms with Crippen molar-refractivity contribution in [2.45, 2.75) is 46.3 Å². The maximum absolute atomic E-state index is 11.0. The molecule has 6 heteroatoms. The Kier molecular flexibility index (Phi) is 9.80. The highest BCUT2D eigenvalue weighted by Crippen LogP contribution is 2.14. The molecule has 30 heavy (non-hydrogen) atoms. The van der Waals surface area contributed by atoms with Crippen molar-refractivity contribution in [3.8, 4) is 5.75 Å². The first-order valence-electron chi connectivity index (χ1n) is 10.4. The van der Waals surface area contributed by atoms with Crippen LogP contribution in [0.25, 0.3) is 0 Å². The minimum Gasteiger partial charge on any atom is -0.467 e. The number of hydrogen-bond acceptors (Lipinski definition) is 5. The fourth-order valence-corrected chi connectivity index (χ4v) is 3.26. The van der Waals surface area contributed by atoms with Crippen molar-refractivity contribution in [2.24, 2.45) is 5.73 Å². The number of amides is 1. The average molecular weight is 415 g/mol. The lowest BCUT2D eigenvalue weighted by molar-refractivity contribution is -0.117. The Morgan fingerprint density at radius 2 is 1.77 bits per heavy atom. The van der Waals surface area contributed by atoms with Crippen LogP contribution < -0.4 is 10.5 Å². The van der Waals surface area contributed by atoms with Crippen molar-refractivity contribution in [3.63, 3.8) is 0 Å². The van der Waals surface area contributed by atoms with Crippen molar-refractivity contribution in [2.75, 3.05) is 26.5 Å². The molecule has 0 saturated carbocycles. The molecule has 3 N–H and O–H groups in total. The maximum atomic E-state index is 11.0. The zero-order chi connectivity index (χ0) is 21.9. The van der Waals surface area contributed by atoms with E-state index < -0.39 is 0 Å². The fraction of sp³-hybridized carbons (Fsp3) is 0.458. The lowest BCUT2D eigenvalue weighted by atomic mass is 10.0. The van der Waals surface area contributed by atoms with Gasteiger partial charge in [0, 0.05) is 13.1 Å². The topological polar surface area (TPSA) is 85.0 Å². The van der Waals surface area contributed by atoms with Gasteiger partial charge in [-0.05, 0) is 68.0 Å². The molecular formula is C24H34N2O4. The van der Waals surface area contributed by atoms with E-state index in [1.807, 2.05) is 19.1 Å². The first-order chi connectivity index (χ1) is 14.4. The monoisotopic (exact) mass is 414 g/mol. The van der Waals surface area contributed by atoms with Crippen molar-refractivity contribution in [1.29, 1.82) is 0 Å². The molecule has 1 atom stereocenters. The van der Waals surface area contributed by atoms with Gasteiger partial charge in [-0.15, -0.1) is 0 Å². The third-order valence-corrected chi connectivity index (χ3v) is 5.22. The molecule has 2 aromatic carbocycles. The molecule has 0 aromatic heterocycles. The van der Waals surface area contributed by atoms with Gasteiger partial charge >= 0.3 is 0 Å².